The number of carbonyl (C=O) groups is 5. The zero-order valence-electron chi connectivity index (χ0n) is 28.4. The van der Waals surface area contributed by atoms with Gasteiger partial charge >= 0.3 is 29.8 Å². The Hall–Kier alpha value is -4.15. The van der Waals surface area contributed by atoms with E-state index in [0.29, 0.717) is 12.8 Å². The van der Waals surface area contributed by atoms with Gasteiger partial charge in [-0.15, -0.1) is 0 Å². The highest BCUT2D eigenvalue weighted by molar-refractivity contribution is 5.86. The van der Waals surface area contributed by atoms with Crippen molar-refractivity contribution in [1.82, 2.24) is 0 Å². The van der Waals surface area contributed by atoms with Crippen molar-refractivity contribution in [3.05, 3.63) is 60.8 Å². The second kappa shape index (κ2) is 44.0. The maximum absolute atomic E-state index is 9.60. The molecule has 0 saturated heterocycles. The molecular formula is C32H58O15. The van der Waals surface area contributed by atoms with Gasteiger partial charge in [0.1, 0.15) is 0 Å². The summed E-state index contributed by atoms with van der Waals surface area (Å²) in [4.78, 5) is 48.0. The summed E-state index contributed by atoms with van der Waals surface area (Å²) in [5, 5.41) is 81.4. The summed E-state index contributed by atoms with van der Waals surface area (Å²) in [6.07, 6.45) is 5.18. The van der Waals surface area contributed by atoms with Crippen LogP contribution in [0.1, 0.15) is 73.1 Å². The van der Waals surface area contributed by atoms with Crippen molar-refractivity contribution in [2.75, 3.05) is 33.0 Å². The number of carboxylic acid groups (broad SMARTS) is 5. The summed E-state index contributed by atoms with van der Waals surface area (Å²) in [7, 11) is 0. The Morgan fingerprint density at radius 2 is 0.574 bits per heavy atom. The molecule has 0 heterocycles. The number of aliphatic hydroxyl groups excluding tert-OH is 5. The van der Waals surface area contributed by atoms with Crippen LogP contribution in [-0.4, -0.2) is 114 Å². The third kappa shape index (κ3) is 79.8. The zero-order chi connectivity index (χ0) is 39.1. The average molecular weight is 683 g/mol. The minimum absolute atomic E-state index is 0.0104. The molecule has 0 aliphatic rings. The van der Waals surface area contributed by atoms with E-state index in [1.54, 1.807) is 0 Å². The lowest BCUT2D eigenvalue weighted by atomic mass is 10.1. The highest BCUT2D eigenvalue weighted by Gasteiger charge is 2.03. The molecule has 0 rings (SSSR count). The van der Waals surface area contributed by atoms with Crippen molar-refractivity contribution >= 4 is 29.8 Å². The molecular weight excluding hydrogens is 624 g/mol. The van der Waals surface area contributed by atoms with Crippen molar-refractivity contribution in [2.24, 2.45) is 5.92 Å². The van der Waals surface area contributed by atoms with Crippen LogP contribution in [0, 0.1) is 5.92 Å². The van der Waals surface area contributed by atoms with E-state index in [-0.39, 0.29) is 66.8 Å². The lowest BCUT2D eigenvalue weighted by Crippen LogP contribution is -2.11. The van der Waals surface area contributed by atoms with Crippen molar-refractivity contribution in [1.29, 1.82) is 0 Å². The van der Waals surface area contributed by atoms with Crippen LogP contribution in [0.2, 0.25) is 0 Å². The van der Waals surface area contributed by atoms with E-state index in [1.165, 1.54) is 34.6 Å². The maximum Gasteiger partial charge on any atom is 0.330 e. The fraction of sp³-hybridized carbons (Fsp3) is 0.531. The van der Waals surface area contributed by atoms with Crippen LogP contribution in [0.3, 0.4) is 0 Å². The van der Waals surface area contributed by atoms with E-state index < -0.39 is 29.8 Å². The predicted molar refractivity (Wildman–Crippen MR) is 179 cm³/mol. The number of hydrogen-bond donors (Lipinski definition) is 10. The van der Waals surface area contributed by atoms with Crippen LogP contribution >= 0.6 is 0 Å². The molecule has 0 amide bonds. The van der Waals surface area contributed by atoms with Gasteiger partial charge in [-0.3, -0.25) is 0 Å². The second-order valence-corrected chi connectivity index (χ2v) is 9.39. The number of unbranched alkanes of at least 4 members (excludes halogenated alkanes) is 3. The molecule has 47 heavy (non-hydrogen) atoms. The number of carboxylic acids is 5. The number of hydrogen-bond acceptors (Lipinski definition) is 10. The van der Waals surface area contributed by atoms with Crippen LogP contribution in [-0.2, 0) is 24.0 Å². The largest absolute Gasteiger partial charge is 0.478 e. The molecule has 15 nitrogen and oxygen atoms in total. The van der Waals surface area contributed by atoms with Crippen molar-refractivity contribution in [3.63, 3.8) is 0 Å². The van der Waals surface area contributed by atoms with E-state index in [0.717, 1.165) is 25.7 Å². The van der Waals surface area contributed by atoms with Gasteiger partial charge in [-0.1, -0.05) is 45.7 Å². The lowest BCUT2D eigenvalue weighted by molar-refractivity contribution is -0.133. The van der Waals surface area contributed by atoms with Crippen LogP contribution in [0.4, 0.5) is 0 Å². The van der Waals surface area contributed by atoms with Crippen molar-refractivity contribution < 1.29 is 75.0 Å². The third-order valence-electron chi connectivity index (χ3n) is 4.18. The van der Waals surface area contributed by atoms with Crippen molar-refractivity contribution in [3.8, 4) is 0 Å². The summed E-state index contributed by atoms with van der Waals surface area (Å²) in [6, 6.07) is 0. The van der Waals surface area contributed by atoms with E-state index in [1.807, 2.05) is 0 Å². The first-order valence-electron chi connectivity index (χ1n) is 14.0. The number of aliphatic carboxylic acids is 5. The van der Waals surface area contributed by atoms with Crippen LogP contribution in [0.15, 0.2) is 60.8 Å². The Morgan fingerprint density at radius 3 is 0.681 bits per heavy atom. The van der Waals surface area contributed by atoms with Gasteiger partial charge in [0.15, 0.2) is 0 Å². The molecule has 0 radical (unpaired) electrons. The first-order valence-corrected chi connectivity index (χ1v) is 14.0. The zero-order valence-corrected chi connectivity index (χ0v) is 28.4. The van der Waals surface area contributed by atoms with Gasteiger partial charge in [-0.25, -0.2) is 24.0 Å². The summed E-state index contributed by atoms with van der Waals surface area (Å²) < 4.78 is 0. The Morgan fingerprint density at radius 1 is 0.404 bits per heavy atom. The Labute approximate surface area is 277 Å². The summed E-state index contributed by atoms with van der Waals surface area (Å²) in [5.74, 6) is -4.72. The smallest absolute Gasteiger partial charge is 0.330 e. The van der Waals surface area contributed by atoms with Gasteiger partial charge in [-0.05, 0) is 60.3 Å². The van der Waals surface area contributed by atoms with Crippen LogP contribution in [0.25, 0.3) is 0 Å². The standard InChI is InChI=1S/C6H14O3.C6H14O2.5C4H6O2/c7-3-1-2-6(4-8)5-9;7-5-3-1-2-4-6-8;5*1-3(2)4(5)6/h6-9H,1-5H2;7-8H,1-6H2;5*1H2,2H3,(H,5,6). The molecule has 0 aliphatic carbocycles. The van der Waals surface area contributed by atoms with Gasteiger partial charge in [0, 0.05) is 66.8 Å². The molecule has 0 aromatic rings. The minimum Gasteiger partial charge on any atom is -0.478 e. The normalized spacial score (nSPS) is 8.49. The van der Waals surface area contributed by atoms with Gasteiger partial charge < -0.3 is 51.1 Å². The molecule has 0 aromatic heterocycles. The summed E-state index contributed by atoms with van der Waals surface area (Å²) in [5.41, 5.74) is 0.880. The fourth-order valence-electron chi connectivity index (χ4n) is 1.20. The van der Waals surface area contributed by atoms with E-state index in [9.17, 15) is 24.0 Å². The van der Waals surface area contributed by atoms with E-state index in [2.05, 4.69) is 32.9 Å². The SMILES string of the molecule is C=C(C)C(=O)O.C=C(C)C(=O)O.C=C(C)C(=O)O.C=C(C)C(=O)O.C=C(C)C(=O)O.OCCCC(CO)CO.OCCCCCCO. The topological polar surface area (TPSA) is 288 Å². The number of rotatable bonds is 15. The molecule has 0 aromatic carbocycles. The van der Waals surface area contributed by atoms with Gasteiger partial charge in [0.25, 0.3) is 0 Å². The lowest BCUT2D eigenvalue weighted by Gasteiger charge is -2.07. The van der Waals surface area contributed by atoms with Gasteiger partial charge in [0.05, 0.1) is 0 Å². The molecule has 0 saturated carbocycles. The van der Waals surface area contributed by atoms with Gasteiger partial charge in [0.2, 0.25) is 0 Å². The molecule has 276 valence electrons. The molecule has 0 aliphatic heterocycles. The van der Waals surface area contributed by atoms with Crippen LogP contribution < -0.4 is 0 Å². The molecule has 0 atom stereocenters. The highest BCUT2D eigenvalue weighted by atomic mass is 16.4. The quantitative estimate of drug-likeness (QED) is 0.0877. The monoisotopic (exact) mass is 682 g/mol. The van der Waals surface area contributed by atoms with Crippen molar-refractivity contribution in [2.45, 2.75) is 73.1 Å². The molecule has 10 N–H and O–H groups in total. The van der Waals surface area contributed by atoms with E-state index >= 15 is 0 Å². The molecule has 0 fully saturated rings. The second-order valence-electron chi connectivity index (χ2n) is 9.39. The van der Waals surface area contributed by atoms with Gasteiger partial charge in [-0.2, -0.15) is 0 Å². The Balaban J connectivity index is -0.0000000800. The highest BCUT2D eigenvalue weighted by Crippen LogP contribution is 2.02. The maximum atomic E-state index is 9.60. The van der Waals surface area contributed by atoms with Crippen LogP contribution in [0.5, 0.6) is 0 Å². The predicted octanol–water partition coefficient (Wildman–Crippen LogP) is 3.13. The molecule has 15 heteroatoms. The molecule has 0 unspecified atom stereocenters. The first kappa shape index (κ1) is 58.4. The fourth-order valence-corrected chi connectivity index (χ4v) is 1.20. The third-order valence-corrected chi connectivity index (χ3v) is 4.18. The summed E-state index contributed by atoms with van der Waals surface area (Å²) >= 11 is 0. The van der Waals surface area contributed by atoms with E-state index in [4.69, 9.17) is 51.1 Å². The Bertz CT molecular complexity index is 712. The minimum atomic E-state index is -0.935. The molecule has 0 spiro atoms. The first-order chi connectivity index (χ1) is 21.5. The Kier molecular flexibility index (Phi) is 54.6. The average Bonchev–Trinajstić information content (AvgIpc) is 2.97. The summed E-state index contributed by atoms with van der Waals surface area (Å²) in [6.45, 7) is 23.7. The number of aliphatic hydroxyl groups is 5. The molecule has 0 bridgehead atoms.